The molecule has 66 valence electrons. The van der Waals surface area contributed by atoms with Gasteiger partial charge in [-0.15, -0.1) is 0 Å². The van der Waals surface area contributed by atoms with Gasteiger partial charge in [0, 0.05) is 0 Å². The molecule has 0 aromatic rings. The molecule has 0 unspecified atom stereocenters. The summed E-state index contributed by atoms with van der Waals surface area (Å²) in [5.74, 6) is 0. The van der Waals surface area contributed by atoms with Crippen LogP contribution in [-0.2, 0) is 0 Å². The molecule has 0 amide bonds. The van der Waals surface area contributed by atoms with Gasteiger partial charge in [-0.05, 0) is 25.8 Å². The van der Waals surface area contributed by atoms with Crippen LogP contribution in [0.25, 0.3) is 0 Å². The van der Waals surface area contributed by atoms with Crippen molar-refractivity contribution in [2.24, 2.45) is 0 Å². The molecule has 0 aromatic carbocycles. The van der Waals surface area contributed by atoms with Gasteiger partial charge < -0.3 is 0 Å². The Balaban J connectivity index is 4.09. The smallest absolute Gasteiger partial charge is 0.0305 e. The van der Waals surface area contributed by atoms with Gasteiger partial charge in [-0.1, -0.05) is 49.5 Å². The van der Waals surface area contributed by atoms with Gasteiger partial charge in [0.2, 0.25) is 0 Å². The number of allylic oxidation sites excluding steroid dienone is 6. The molecule has 0 fully saturated rings. The van der Waals surface area contributed by atoms with Crippen LogP contribution in [0.5, 0.6) is 0 Å². The Morgan fingerprint density at radius 2 is 1.83 bits per heavy atom. The molecule has 0 rings (SSSR count). The molecular weight excluding hydrogens is 144 g/mol. The van der Waals surface area contributed by atoms with Gasteiger partial charge in [0.05, 0.1) is 0 Å². The molecule has 0 saturated carbocycles. The van der Waals surface area contributed by atoms with E-state index in [9.17, 15) is 0 Å². The first kappa shape index (κ1) is 11.0. The third kappa shape index (κ3) is 4.73. The molecule has 0 heteroatoms. The maximum atomic E-state index is 3.86. The van der Waals surface area contributed by atoms with Crippen molar-refractivity contribution in [3.8, 4) is 0 Å². The van der Waals surface area contributed by atoms with Crippen molar-refractivity contribution in [2.45, 2.75) is 27.2 Å². The van der Waals surface area contributed by atoms with Crippen LogP contribution in [0, 0.1) is 0 Å². The number of hydrogen-bond acceptors (Lipinski definition) is 0. The normalized spacial score (nSPS) is 12.1. The lowest BCUT2D eigenvalue weighted by Crippen LogP contribution is -1.74. The maximum Gasteiger partial charge on any atom is -0.0305 e. The quantitative estimate of drug-likeness (QED) is 0.547. The second kappa shape index (κ2) is 5.59. The van der Waals surface area contributed by atoms with Gasteiger partial charge in [-0.3, -0.25) is 0 Å². The highest BCUT2D eigenvalue weighted by Gasteiger charge is 1.85. The third-order valence-electron chi connectivity index (χ3n) is 1.78. The average Bonchev–Trinajstić information content (AvgIpc) is 2.03. The standard InChI is InChI=1S/C12H18/c1-6-11(4)8-7-9-12(5)10(2)3/h7-9H,2,5-6H2,1,3-4H3/b9-7-,11-8+. The van der Waals surface area contributed by atoms with Crippen LogP contribution >= 0.6 is 0 Å². The van der Waals surface area contributed by atoms with Crippen molar-refractivity contribution < 1.29 is 0 Å². The zero-order valence-corrected chi connectivity index (χ0v) is 8.35. The maximum absolute atomic E-state index is 3.86. The Kier molecular flexibility index (Phi) is 5.11. The van der Waals surface area contributed by atoms with E-state index < -0.39 is 0 Å². The van der Waals surface area contributed by atoms with Crippen LogP contribution in [0.2, 0.25) is 0 Å². The minimum atomic E-state index is 0.996. The van der Waals surface area contributed by atoms with Crippen LogP contribution in [0.3, 0.4) is 0 Å². The molecule has 0 N–H and O–H groups in total. The van der Waals surface area contributed by atoms with Gasteiger partial charge in [0.15, 0.2) is 0 Å². The zero-order chi connectivity index (χ0) is 9.56. The van der Waals surface area contributed by atoms with E-state index in [-0.39, 0.29) is 0 Å². The molecule has 0 spiro atoms. The van der Waals surface area contributed by atoms with E-state index >= 15 is 0 Å². The molecule has 0 aliphatic rings. The topological polar surface area (TPSA) is 0 Å². The van der Waals surface area contributed by atoms with E-state index in [0.717, 1.165) is 17.6 Å². The summed E-state index contributed by atoms with van der Waals surface area (Å²) in [6.45, 7) is 13.9. The fourth-order valence-corrected chi connectivity index (χ4v) is 0.589. The van der Waals surface area contributed by atoms with Crippen molar-refractivity contribution in [1.29, 1.82) is 0 Å². The van der Waals surface area contributed by atoms with Crippen molar-refractivity contribution in [3.63, 3.8) is 0 Å². The molecule has 0 aliphatic carbocycles. The van der Waals surface area contributed by atoms with Crippen LogP contribution in [0.1, 0.15) is 27.2 Å². The van der Waals surface area contributed by atoms with Gasteiger partial charge >= 0.3 is 0 Å². The molecular formula is C12H18. The molecule has 0 saturated heterocycles. The van der Waals surface area contributed by atoms with Crippen LogP contribution in [-0.4, -0.2) is 0 Å². The fourth-order valence-electron chi connectivity index (χ4n) is 0.589. The lowest BCUT2D eigenvalue weighted by Gasteiger charge is -1.94. The molecule has 12 heavy (non-hydrogen) atoms. The van der Waals surface area contributed by atoms with Crippen LogP contribution < -0.4 is 0 Å². The minimum Gasteiger partial charge on any atom is -0.0955 e. The summed E-state index contributed by atoms with van der Waals surface area (Å²) >= 11 is 0. The Morgan fingerprint density at radius 1 is 1.25 bits per heavy atom. The highest BCUT2D eigenvalue weighted by Crippen LogP contribution is 2.05. The van der Waals surface area contributed by atoms with E-state index in [0.29, 0.717) is 0 Å². The van der Waals surface area contributed by atoms with Gasteiger partial charge in [0.25, 0.3) is 0 Å². The predicted molar refractivity (Wildman–Crippen MR) is 57.1 cm³/mol. The van der Waals surface area contributed by atoms with E-state index in [1.54, 1.807) is 0 Å². The third-order valence-corrected chi connectivity index (χ3v) is 1.78. The van der Waals surface area contributed by atoms with E-state index in [1.165, 1.54) is 5.57 Å². The number of rotatable bonds is 4. The summed E-state index contributed by atoms with van der Waals surface area (Å²) in [4.78, 5) is 0. The highest BCUT2D eigenvalue weighted by atomic mass is 13.9. The Hall–Kier alpha value is -1.04. The Bertz CT molecular complexity index is 226. The monoisotopic (exact) mass is 162 g/mol. The summed E-state index contributed by atoms with van der Waals surface area (Å²) in [6, 6.07) is 0. The second-order valence-corrected chi connectivity index (χ2v) is 3.03. The lowest BCUT2D eigenvalue weighted by molar-refractivity contribution is 1.10. The second-order valence-electron chi connectivity index (χ2n) is 3.03. The Morgan fingerprint density at radius 3 is 2.25 bits per heavy atom. The van der Waals surface area contributed by atoms with Crippen LogP contribution in [0.4, 0.5) is 0 Å². The molecule has 0 aromatic heterocycles. The first-order valence-electron chi connectivity index (χ1n) is 4.26. The number of hydrogen-bond donors (Lipinski definition) is 0. The molecule has 0 heterocycles. The molecule has 0 radical (unpaired) electrons. The first-order chi connectivity index (χ1) is 5.57. The van der Waals surface area contributed by atoms with Gasteiger partial charge in [-0.25, -0.2) is 0 Å². The SMILES string of the molecule is C=C(C)C(=C)/C=C\C=C(/C)CC. The van der Waals surface area contributed by atoms with E-state index in [1.807, 2.05) is 19.1 Å². The Labute approximate surface area is 76.0 Å². The van der Waals surface area contributed by atoms with E-state index in [2.05, 4.69) is 33.1 Å². The van der Waals surface area contributed by atoms with Crippen LogP contribution in [0.15, 0.2) is 48.1 Å². The highest BCUT2D eigenvalue weighted by molar-refractivity contribution is 5.35. The largest absolute Gasteiger partial charge is 0.0955 e. The average molecular weight is 162 g/mol. The van der Waals surface area contributed by atoms with Gasteiger partial charge in [-0.2, -0.15) is 0 Å². The summed E-state index contributed by atoms with van der Waals surface area (Å²) in [5.41, 5.74) is 3.39. The van der Waals surface area contributed by atoms with E-state index in [4.69, 9.17) is 0 Å². The molecule has 0 atom stereocenters. The molecule has 0 aliphatic heterocycles. The zero-order valence-electron chi connectivity index (χ0n) is 8.35. The first-order valence-corrected chi connectivity index (χ1v) is 4.26. The summed E-state index contributed by atoms with van der Waals surface area (Å²) in [7, 11) is 0. The van der Waals surface area contributed by atoms with Gasteiger partial charge in [0.1, 0.15) is 0 Å². The van der Waals surface area contributed by atoms with Crippen molar-refractivity contribution in [2.75, 3.05) is 0 Å². The predicted octanol–water partition coefficient (Wildman–Crippen LogP) is 4.03. The summed E-state index contributed by atoms with van der Waals surface area (Å²) < 4.78 is 0. The van der Waals surface area contributed by atoms with Crippen molar-refractivity contribution in [1.82, 2.24) is 0 Å². The summed E-state index contributed by atoms with van der Waals surface area (Å²) in [5, 5.41) is 0. The van der Waals surface area contributed by atoms with Crippen molar-refractivity contribution in [3.05, 3.63) is 48.1 Å². The van der Waals surface area contributed by atoms with Crippen molar-refractivity contribution >= 4 is 0 Å². The lowest BCUT2D eigenvalue weighted by atomic mass is 10.1. The fraction of sp³-hybridized carbons (Fsp3) is 0.333. The minimum absolute atomic E-state index is 0.996. The molecule has 0 bridgehead atoms. The summed E-state index contributed by atoms with van der Waals surface area (Å²) in [6.07, 6.45) is 7.22. The molecule has 0 nitrogen and oxygen atoms in total.